The molecule has 0 radical (unpaired) electrons. The van der Waals surface area contributed by atoms with E-state index in [1.807, 2.05) is 6.92 Å². The van der Waals surface area contributed by atoms with Crippen LogP contribution >= 0.6 is 0 Å². The van der Waals surface area contributed by atoms with Crippen LogP contribution in [0.25, 0.3) is 0 Å². The highest BCUT2D eigenvalue weighted by Gasteiger charge is 2.33. The third kappa shape index (κ3) is 2.80. The Balaban J connectivity index is 2.05. The molecule has 1 aromatic carbocycles. The zero-order chi connectivity index (χ0) is 13.3. The Morgan fingerprint density at radius 3 is 2.61 bits per heavy atom. The molecule has 96 valence electrons. The maximum Gasteiger partial charge on any atom is 0.335 e. The van der Waals surface area contributed by atoms with Gasteiger partial charge in [0.05, 0.1) is 5.56 Å². The van der Waals surface area contributed by atoms with E-state index in [0.29, 0.717) is 11.6 Å². The number of carboxylic acids is 1. The number of urea groups is 1. The molecule has 2 amide bonds. The van der Waals surface area contributed by atoms with Gasteiger partial charge in [-0.05, 0) is 37.0 Å². The Morgan fingerprint density at radius 2 is 2.06 bits per heavy atom. The molecule has 5 nitrogen and oxygen atoms in total. The molecule has 1 fully saturated rings. The summed E-state index contributed by atoms with van der Waals surface area (Å²) in [5, 5.41) is 14.4. The van der Waals surface area contributed by atoms with Crippen molar-refractivity contribution in [2.75, 3.05) is 5.32 Å². The normalized spacial score (nSPS) is 21.2. The molecule has 18 heavy (non-hydrogen) atoms. The van der Waals surface area contributed by atoms with Gasteiger partial charge in [0, 0.05) is 11.7 Å². The highest BCUT2D eigenvalue weighted by molar-refractivity contribution is 5.94. The summed E-state index contributed by atoms with van der Waals surface area (Å²) in [5.74, 6) is -0.475. The van der Waals surface area contributed by atoms with E-state index in [0.717, 1.165) is 12.0 Å². The van der Waals surface area contributed by atoms with E-state index in [4.69, 9.17) is 5.11 Å². The number of hydrogen-bond donors (Lipinski definition) is 3. The van der Waals surface area contributed by atoms with Crippen LogP contribution in [0.5, 0.6) is 0 Å². The van der Waals surface area contributed by atoms with Crippen molar-refractivity contribution in [3.05, 3.63) is 29.3 Å². The fourth-order valence-electron chi connectivity index (χ4n) is 1.74. The second kappa shape index (κ2) is 4.68. The highest BCUT2D eigenvalue weighted by Crippen LogP contribution is 2.29. The number of aromatic carboxylic acids is 1. The number of nitrogens with one attached hydrogen (secondary N) is 2. The Hall–Kier alpha value is -2.04. The minimum atomic E-state index is -1.01. The van der Waals surface area contributed by atoms with Gasteiger partial charge in [-0.15, -0.1) is 0 Å². The number of amides is 2. The first-order valence-corrected chi connectivity index (χ1v) is 5.89. The van der Waals surface area contributed by atoms with Crippen molar-refractivity contribution in [1.29, 1.82) is 0 Å². The maximum absolute atomic E-state index is 11.7. The van der Waals surface area contributed by atoms with Gasteiger partial charge in [-0.1, -0.05) is 13.0 Å². The summed E-state index contributed by atoms with van der Waals surface area (Å²) in [6, 6.07) is 4.62. The zero-order valence-corrected chi connectivity index (χ0v) is 10.4. The molecule has 3 N–H and O–H groups in total. The fourth-order valence-corrected chi connectivity index (χ4v) is 1.74. The van der Waals surface area contributed by atoms with Crippen LogP contribution in [-0.2, 0) is 0 Å². The lowest BCUT2D eigenvalue weighted by Crippen LogP contribution is -2.31. The number of benzene rings is 1. The third-order valence-electron chi connectivity index (χ3n) is 3.16. The molecule has 0 heterocycles. The Morgan fingerprint density at radius 1 is 1.39 bits per heavy atom. The minimum absolute atomic E-state index is 0.163. The van der Waals surface area contributed by atoms with Crippen molar-refractivity contribution in [3.8, 4) is 0 Å². The largest absolute Gasteiger partial charge is 0.478 e. The van der Waals surface area contributed by atoms with Gasteiger partial charge in [-0.2, -0.15) is 0 Å². The number of carboxylic acid groups (broad SMARTS) is 1. The van der Waals surface area contributed by atoms with E-state index in [1.165, 1.54) is 12.1 Å². The number of rotatable bonds is 3. The van der Waals surface area contributed by atoms with E-state index in [2.05, 4.69) is 17.6 Å². The van der Waals surface area contributed by atoms with Crippen molar-refractivity contribution in [2.45, 2.75) is 26.3 Å². The molecule has 1 aromatic rings. The molecule has 0 saturated heterocycles. The molecular formula is C13H16N2O3. The molecule has 1 aliphatic carbocycles. The second-order valence-electron chi connectivity index (χ2n) is 4.75. The van der Waals surface area contributed by atoms with Gasteiger partial charge < -0.3 is 15.7 Å². The summed E-state index contributed by atoms with van der Waals surface area (Å²) >= 11 is 0. The van der Waals surface area contributed by atoms with Crippen LogP contribution in [-0.4, -0.2) is 23.1 Å². The van der Waals surface area contributed by atoms with Crippen molar-refractivity contribution in [3.63, 3.8) is 0 Å². The van der Waals surface area contributed by atoms with Gasteiger partial charge in [0.1, 0.15) is 0 Å². The number of carbonyl (C=O) groups excluding carboxylic acids is 1. The van der Waals surface area contributed by atoms with E-state index >= 15 is 0 Å². The first-order chi connectivity index (χ1) is 8.47. The third-order valence-corrected chi connectivity index (χ3v) is 3.16. The fraction of sp³-hybridized carbons (Fsp3) is 0.385. The van der Waals surface area contributed by atoms with E-state index in [-0.39, 0.29) is 17.6 Å². The van der Waals surface area contributed by atoms with E-state index in [1.54, 1.807) is 6.07 Å². The van der Waals surface area contributed by atoms with Crippen LogP contribution in [0.1, 0.15) is 29.3 Å². The predicted octanol–water partition coefficient (Wildman–Crippen LogP) is 2.22. The molecule has 2 atom stereocenters. The van der Waals surface area contributed by atoms with Crippen LogP contribution in [0.2, 0.25) is 0 Å². The van der Waals surface area contributed by atoms with E-state index in [9.17, 15) is 9.59 Å². The summed E-state index contributed by atoms with van der Waals surface area (Å²) in [6.45, 7) is 3.89. The van der Waals surface area contributed by atoms with Crippen LogP contribution in [0.3, 0.4) is 0 Å². The molecule has 2 rings (SSSR count). The molecular weight excluding hydrogens is 232 g/mol. The van der Waals surface area contributed by atoms with Crippen molar-refractivity contribution in [2.24, 2.45) is 5.92 Å². The van der Waals surface area contributed by atoms with Crippen molar-refractivity contribution in [1.82, 2.24) is 5.32 Å². The van der Waals surface area contributed by atoms with Gasteiger partial charge in [-0.3, -0.25) is 0 Å². The van der Waals surface area contributed by atoms with Crippen molar-refractivity contribution >= 4 is 17.7 Å². The smallest absolute Gasteiger partial charge is 0.335 e. The first-order valence-electron chi connectivity index (χ1n) is 5.89. The number of hydrogen-bond acceptors (Lipinski definition) is 2. The predicted molar refractivity (Wildman–Crippen MR) is 67.9 cm³/mol. The molecule has 2 unspecified atom stereocenters. The summed E-state index contributed by atoms with van der Waals surface area (Å²) in [7, 11) is 0. The molecule has 0 spiro atoms. The summed E-state index contributed by atoms with van der Waals surface area (Å²) in [6.07, 6.45) is 1.00. The van der Waals surface area contributed by atoms with Gasteiger partial charge in [0.15, 0.2) is 0 Å². The minimum Gasteiger partial charge on any atom is -0.478 e. The van der Waals surface area contributed by atoms with Crippen LogP contribution in [0.4, 0.5) is 10.5 Å². The molecule has 0 bridgehead atoms. The monoisotopic (exact) mass is 248 g/mol. The molecule has 5 heteroatoms. The van der Waals surface area contributed by atoms with Gasteiger partial charge >= 0.3 is 12.0 Å². The first kappa shape index (κ1) is 12.4. The summed E-state index contributed by atoms with van der Waals surface area (Å²) in [5.41, 5.74) is 1.52. The zero-order valence-electron chi connectivity index (χ0n) is 10.4. The lowest BCUT2D eigenvalue weighted by Gasteiger charge is -2.10. The van der Waals surface area contributed by atoms with Gasteiger partial charge in [-0.25, -0.2) is 9.59 Å². The lowest BCUT2D eigenvalue weighted by atomic mass is 10.1. The van der Waals surface area contributed by atoms with Gasteiger partial charge in [0.2, 0.25) is 0 Å². The average Bonchev–Trinajstić information content (AvgIpc) is 2.97. The number of carbonyl (C=O) groups is 2. The summed E-state index contributed by atoms with van der Waals surface area (Å²) < 4.78 is 0. The van der Waals surface area contributed by atoms with Crippen LogP contribution < -0.4 is 10.6 Å². The Kier molecular flexibility index (Phi) is 3.23. The molecule has 1 saturated carbocycles. The lowest BCUT2D eigenvalue weighted by molar-refractivity contribution is 0.0697. The molecule has 1 aliphatic rings. The van der Waals surface area contributed by atoms with Gasteiger partial charge in [0.25, 0.3) is 0 Å². The van der Waals surface area contributed by atoms with E-state index < -0.39 is 5.97 Å². The Bertz CT molecular complexity index is 499. The SMILES string of the molecule is Cc1ccc(C(=O)O)cc1NC(=O)NC1CC1C. The second-order valence-corrected chi connectivity index (χ2v) is 4.75. The average molecular weight is 248 g/mol. The number of anilines is 1. The topological polar surface area (TPSA) is 78.4 Å². The Labute approximate surface area is 105 Å². The van der Waals surface area contributed by atoms with Crippen molar-refractivity contribution < 1.29 is 14.7 Å². The quantitative estimate of drug-likeness (QED) is 0.767. The van der Waals surface area contributed by atoms with Crippen LogP contribution in [0.15, 0.2) is 18.2 Å². The number of aryl methyl sites for hydroxylation is 1. The molecule has 0 aliphatic heterocycles. The highest BCUT2D eigenvalue weighted by atomic mass is 16.4. The molecule has 0 aromatic heterocycles. The maximum atomic E-state index is 11.7. The standard InChI is InChI=1S/C13H16N2O3/c1-7-3-4-9(12(16)17)6-11(7)15-13(18)14-10-5-8(10)2/h3-4,6,8,10H,5H2,1-2H3,(H,16,17)(H2,14,15,18). The van der Waals surface area contributed by atoms with Crippen LogP contribution in [0, 0.1) is 12.8 Å². The summed E-state index contributed by atoms with van der Waals surface area (Å²) in [4.78, 5) is 22.5.